The number of halogens is 3. The number of aliphatic hydroxyl groups excluding tert-OH is 1. The van der Waals surface area contributed by atoms with Gasteiger partial charge in [-0.15, -0.1) is 0 Å². The van der Waals surface area contributed by atoms with Gasteiger partial charge < -0.3 is 10.0 Å². The van der Waals surface area contributed by atoms with E-state index in [4.69, 9.17) is 4.98 Å². The zero-order valence-electron chi connectivity index (χ0n) is 18.6. The number of anilines is 1. The second kappa shape index (κ2) is 8.31. The number of imidazole rings is 1. The minimum absolute atomic E-state index is 0.0727. The van der Waals surface area contributed by atoms with Crippen molar-refractivity contribution < 1.29 is 18.3 Å². The van der Waals surface area contributed by atoms with Gasteiger partial charge in [0.25, 0.3) is 0 Å². The Bertz CT molecular complexity index is 1330. The number of nitrogens with one attached hydrogen (secondary N) is 1. The Kier molecular flexibility index (Phi) is 5.22. The maximum Gasteiger partial charge on any atom is 0.417 e. The van der Waals surface area contributed by atoms with Crippen LogP contribution in [0.25, 0.3) is 17.2 Å². The van der Waals surface area contributed by atoms with E-state index in [0.29, 0.717) is 35.6 Å². The lowest BCUT2D eigenvalue weighted by Crippen LogP contribution is -2.56. The molecule has 0 bridgehead atoms. The highest BCUT2D eigenvalue weighted by molar-refractivity contribution is 5.59. The number of H-pyrrole nitrogens is 1. The van der Waals surface area contributed by atoms with Crippen molar-refractivity contribution in [3.05, 3.63) is 60.3 Å². The molecule has 12 heteroatoms. The molecule has 1 aliphatic heterocycles. The van der Waals surface area contributed by atoms with Crippen LogP contribution in [0.2, 0.25) is 0 Å². The van der Waals surface area contributed by atoms with Gasteiger partial charge in [-0.2, -0.15) is 18.3 Å². The first-order chi connectivity index (χ1) is 16.9. The molecule has 0 aromatic carbocycles. The molecule has 1 aliphatic carbocycles. The third kappa shape index (κ3) is 4.02. The van der Waals surface area contributed by atoms with Gasteiger partial charge in [-0.1, -0.05) is 0 Å². The number of nitrogens with zero attached hydrogens (tertiary/aromatic N) is 7. The Hall–Kier alpha value is -3.51. The number of aliphatic hydroxyl groups is 1. The zero-order valence-corrected chi connectivity index (χ0v) is 18.6. The van der Waals surface area contributed by atoms with E-state index in [2.05, 4.69) is 30.0 Å². The molecule has 35 heavy (non-hydrogen) atoms. The fourth-order valence-corrected chi connectivity index (χ4v) is 4.97. The van der Waals surface area contributed by atoms with Crippen LogP contribution in [0.5, 0.6) is 0 Å². The van der Waals surface area contributed by atoms with E-state index >= 15 is 0 Å². The van der Waals surface area contributed by atoms with Crippen molar-refractivity contribution in [1.29, 1.82) is 0 Å². The predicted octanol–water partition coefficient (Wildman–Crippen LogP) is 2.92. The van der Waals surface area contributed by atoms with Crippen LogP contribution in [0.4, 0.5) is 19.0 Å². The summed E-state index contributed by atoms with van der Waals surface area (Å²) >= 11 is 0. The second-order valence-corrected chi connectivity index (χ2v) is 9.04. The number of hydrogen-bond donors (Lipinski definition) is 2. The van der Waals surface area contributed by atoms with Crippen LogP contribution in [0.3, 0.4) is 0 Å². The van der Waals surface area contributed by atoms with Crippen LogP contribution >= 0.6 is 0 Å². The molecule has 2 N–H and O–H groups in total. The summed E-state index contributed by atoms with van der Waals surface area (Å²) in [6, 6.07) is 4.56. The Balaban J connectivity index is 1.30. The van der Waals surface area contributed by atoms with E-state index in [0.717, 1.165) is 43.8 Å². The monoisotopic (exact) mass is 484 g/mol. The van der Waals surface area contributed by atoms with Crippen LogP contribution in [0.1, 0.15) is 30.0 Å². The zero-order chi connectivity index (χ0) is 24.2. The van der Waals surface area contributed by atoms with Crippen molar-refractivity contribution in [2.24, 2.45) is 0 Å². The Morgan fingerprint density at radius 3 is 2.66 bits per heavy atom. The van der Waals surface area contributed by atoms with Crippen LogP contribution < -0.4 is 4.90 Å². The average Bonchev–Trinajstić information content (AvgIpc) is 3.51. The number of aromatic nitrogens is 6. The Morgan fingerprint density at radius 1 is 1.06 bits per heavy atom. The van der Waals surface area contributed by atoms with Gasteiger partial charge in [0.1, 0.15) is 17.2 Å². The van der Waals surface area contributed by atoms with Crippen LogP contribution in [-0.4, -0.2) is 71.3 Å². The van der Waals surface area contributed by atoms with Gasteiger partial charge in [0.2, 0.25) is 0 Å². The highest BCUT2D eigenvalue weighted by Gasteiger charge is 2.40. The molecule has 6 rings (SSSR count). The van der Waals surface area contributed by atoms with E-state index in [1.165, 1.54) is 16.7 Å². The summed E-state index contributed by atoms with van der Waals surface area (Å²) in [4.78, 5) is 17.8. The first-order valence-corrected chi connectivity index (χ1v) is 11.4. The van der Waals surface area contributed by atoms with E-state index in [1.54, 1.807) is 6.20 Å². The quantitative estimate of drug-likeness (QED) is 0.460. The fraction of sp³-hybridized carbons (Fsp3) is 0.391. The molecule has 0 spiro atoms. The molecule has 1 saturated carbocycles. The summed E-state index contributed by atoms with van der Waals surface area (Å²) in [5.41, 5.74) is 1.08. The maximum atomic E-state index is 13.3. The molecule has 5 heterocycles. The smallest absolute Gasteiger partial charge is 0.393 e. The number of alkyl halides is 3. The Morgan fingerprint density at radius 2 is 1.91 bits per heavy atom. The molecular formula is C23H23F3N8O. The summed E-state index contributed by atoms with van der Waals surface area (Å²) in [5, 5.41) is 16.8. The molecule has 1 saturated heterocycles. The molecular weight excluding hydrogens is 461 g/mol. The minimum atomic E-state index is -4.46. The summed E-state index contributed by atoms with van der Waals surface area (Å²) in [6.07, 6.45) is 4.66. The second-order valence-electron chi connectivity index (χ2n) is 9.04. The van der Waals surface area contributed by atoms with Crippen molar-refractivity contribution in [3.8, 4) is 11.5 Å². The highest BCUT2D eigenvalue weighted by atomic mass is 19.4. The molecule has 2 fully saturated rings. The molecule has 1 atom stereocenters. The number of hydrogen-bond acceptors (Lipinski definition) is 7. The van der Waals surface area contributed by atoms with E-state index in [-0.39, 0.29) is 12.1 Å². The number of pyridine rings is 1. The van der Waals surface area contributed by atoms with E-state index < -0.39 is 11.7 Å². The number of fused-ring (bicyclic) bond motifs is 1. The van der Waals surface area contributed by atoms with Gasteiger partial charge >= 0.3 is 6.18 Å². The van der Waals surface area contributed by atoms with Crippen LogP contribution in [-0.2, 0) is 6.18 Å². The molecule has 4 aromatic heterocycles. The van der Waals surface area contributed by atoms with Gasteiger partial charge in [-0.3, -0.25) is 14.4 Å². The maximum absolute atomic E-state index is 13.3. The van der Waals surface area contributed by atoms with Crippen molar-refractivity contribution in [3.63, 3.8) is 0 Å². The van der Waals surface area contributed by atoms with Crippen molar-refractivity contribution in [1.82, 2.24) is 34.4 Å². The Labute approximate surface area is 198 Å². The lowest BCUT2D eigenvalue weighted by atomic mass is 9.86. The van der Waals surface area contributed by atoms with Gasteiger partial charge in [-0.05, 0) is 31.0 Å². The molecule has 0 radical (unpaired) electrons. The van der Waals surface area contributed by atoms with E-state index in [9.17, 15) is 18.3 Å². The number of rotatable bonds is 4. The minimum Gasteiger partial charge on any atom is -0.393 e. The van der Waals surface area contributed by atoms with Gasteiger partial charge in [0.05, 0.1) is 30.1 Å². The predicted molar refractivity (Wildman–Crippen MR) is 120 cm³/mol. The standard InChI is InChI=1S/C23H23F3N8O/c24-23(25,26)15-1-2-20-28-11-18(34(20)12-15)22-27-4-3-21(31-22)32-5-6-33(16-7-17(35)8-16)19(13-32)14-9-29-30-10-14/h1-4,9-12,16-17,19,35H,5-8,13H2,(H,29,30). The normalized spacial score (nSPS) is 23.5. The van der Waals surface area contributed by atoms with E-state index in [1.807, 2.05) is 18.5 Å². The summed E-state index contributed by atoms with van der Waals surface area (Å²) in [6.45, 7) is 2.17. The summed E-state index contributed by atoms with van der Waals surface area (Å²) in [7, 11) is 0. The van der Waals surface area contributed by atoms with Gasteiger partial charge in [0, 0.05) is 49.8 Å². The first-order valence-electron chi connectivity index (χ1n) is 11.4. The fourth-order valence-electron chi connectivity index (χ4n) is 4.97. The SMILES string of the molecule is OC1CC(N2CCN(c3ccnc(-c4cnc5ccc(C(F)(F)F)cn45)n3)CC2c2cn[nH]c2)C1. The molecule has 0 amide bonds. The third-order valence-electron chi connectivity index (χ3n) is 6.91. The average molecular weight is 484 g/mol. The van der Waals surface area contributed by atoms with Crippen molar-refractivity contribution in [2.45, 2.75) is 37.2 Å². The van der Waals surface area contributed by atoms with Crippen LogP contribution in [0.15, 0.2) is 49.2 Å². The van der Waals surface area contributed by atoms with Gasteiger partial charge in [-0.25, -0.2) is 15.0 Å². The molecule has 9 nitrogen and oxygen atoms in total. The summed E-state index contributed by atoms with van der Waals surface area (Å²) in [5.74, 6) is 0.998. The summed E-state index contributed by atoms with van der Waals surface area (Å²) < 4.78 is 41.2. The molecule has 4 aromatic rings. The lowest BCUT2D eigenvalue weighted by molar-refractivity contribution is -0.137. The lowest BCUT2D eigenvalue weighted by Gasteiger charge is -2.49. The molecule has 1 unspecified atom stereocenters. The number of aromatic amines is 1. The largest absolute Gasteiger partial charge is 0.417 e. The molecule has 182 valence electrons. The van der Waals surface area contributed by atoms with Gasteiger partial charge in [0.15, 0.2) is 5.82 Å². The number of piperazine rings is 1. The molecule has 2 aliphatic rings. The van der Waals surface area contributed by atoms with Crippen molar-refractivity contribution >= 4 is 11.5 Å². The highest BCUT2D eigenvalue weighted by Crippen LogP contribution is 2.36. The first kappa shape index (κ1) is 22.0. The third-order valence-corrected chi connectivity index (χ3v) is 6.91. The van der Waals surface area contributed by atoms with Crippen molar-refractivity contribution in [2.75, 3.05) is 24.5 Å². The topological polar surface area (TPSA) is 98.5 Å². The van der Waals surface area contributed by atoms with Crippen LogP contribution in [0, 0.1) is 0 Å².